The Kier molecular flexibility index (Phi) is 7.12. The van der Waals surface area contributed by atoms with Gasteiger partial charge in [-0.3, -0.25) is 9.59 Å². The first-order valence-corrected chi connectivity index (χ1v) is 10.1. The molecule has 7 nitrogen and oxygen atoms in total. The molecule has 0 bridgehead atoms. The molecule has 4 amide bonds. The molecule has 8 heteroatoms. The molecule has 0 unspecified atom stereocenters. The van der Waals surface area contributed by atoms with Gasteiger partial charge in [-0.05, 0) is 38.1 Å². The van der Waals surface area contributed by atoms with Crippen molar-refractivity contribution in [1.82, 2.24) is 15.5 Å². The Hall–Kier alpha value is -3.84. The standard InChI is InChI=1S/C24H22ClN3O4/c1-4-18(10-7-16(3)25)26-22(29)14-28-23(30)20(27-24(28)31)13-19-11-12-21(32-19)17-8-5-15(2)6-9-17/h4-13H,3,14H2,1-2H3,(H,26,29)(H,27,31)/b10-7-,18-4+,20-13-. The largest absolute Gasteiger partial charge is 0.457 e. The van der Waals surface area contributed by atoms with Gasteiger partial charge in [0.2, 0.25) is 5.91 Å². The second-order valence-corrected chi connectivity index (χ2v) is 7.51. The fourth-order valence-corrected chi connectivity index (χ4v) is 2.96. The van der Waals surface area contributed by atoms with Gasteiger partial charge >= 0.3 is 6.03 Å². The number of hydrogen-bond acceptors (Lipinski definition) is 4. The molecule has 3 rings (SSSR count). The van der Waals surface area contributed by atoms with E-state index in [-0.39, 0.29) is 5.70 Å². The lowest BCUT2D eigenvalue weighted by molar-refractivity contribution is -0.129. The first kappa shape index (κ1) is 22.8. The Labute approximate surface area is 190 Å². The highest BCUT2D eigenvalue weighted by atomic mass is 35.5. The van der Waals surface area contributed by atoms with E-state index in [0.717, 1.165) is 16.0 Å². The number of hydrogen-bond donors (Lipinski definition) is 2. The quantitative estimate of drug-likeness (QED) is 0.369. The van der Waals surface area contributed by atoms with Gasteiger partial charge in [0.25, 0.3) is 5.91 Å². The number of rotatable bonds is 7. The molecule has 1 aliphatic rings. The van der Waals surface area contributed by atoms with E-state index in [1.165, 1.54) is 12.2 Å². The third-order valence-electron chi connectivity index (χ3n) is 4.55. The number of allylic oxidation sites excluding steroid dienone is 4. The van der Waals surface area contributed by atoms with Gasteiger partial charge in [0.15, 0.2) is 0 Å². The van der Waals surface area contributed by atoms with Crippen molar-refractivity contribution in [2.24, 2.45) is 0 Å². The number of imide groups is 1. The summed E-state index contributed by atoms with van der Waals surface area (Å²) >= 11 is 5.68. The van der Waals surface area contributed by atoms with Gasteiger partial charge in [0.05, 0.1) is 0 Å². The van der Waals surface area contributed by atoms with Crippen LogP contribution in [0.3, 0.4) is 0 Å². The number of benzene rings is 1. The van der Waals surface area contributed by atoms with E-state index < -0.39 is 24.4 Å². The molecule has 1 aliphatic heterocycles. The Morgan fingerprint density at radius 1 is 1.19 bits per heavy atom. The number of halogens is 1. The SMILES string of the molecule is C=C(Cl)/C=C\C(=C/C)NC(=O)CN1C(=O)N/C(=C\c2ccc(-c3ccc(C)cc3)o2)C1=O. The van der Waals surface area contributed by atoms with Crippen LogP contribution in [0.5, 0.6) is 0 Å². The van der Waals surface area contributed by atoms with Gasteiger partial charge in [0.1, 0.15) is 23.8 Å². The lowest BCUT2D eigenvalue weighted by atomic mass is 10.1. The molecule has 0 spiro atoms. The molecule has 0 saturated carbocycles. The minimum absolute atomic E-state index is 0.0252. The van der Waals surface area contributed by atoms with Crippen LogP contribution >= 0.6 is 11.6 Å². The van der Waals surface area contributed by atoms with E-state index in [1.807, 2.05) is 31.2 Å². The third-order valence-corrected chi connectivity index (χ3v) is 4.68. The number of furan rings is 1. The van der Waals surface area contributed by atoms with E-state index in [2.05, 4.69) is 17.2 Å². The zero-order valence-electron chi connectivity index (χ0n) is 17.6. The number of aryl methyl sites for hydroxylation is 1. The molecular formula is C24H22ClN3O4. The van der Waals surface area contributed by atoms with Crippen LogP contribution in [-0.2, 0) is 9.59 Å². The summed E-state index contributed by atoms with van der Waals surface area (Å²) in [4.78, 5) is 38.0. The number of carbonyl (C=O) groups excluding carboxylic acids is 3. The number of amides is 4. The molecule has 164 valence electrons. The summed E-state index contributed by atoms with van der Waals surface area (Å²) in [7, 11) is 0. The number of carbonyl (C=O) groups is 3. The molecule has 1 fully saturated rings. The Bertz CT molecular complexity index is 1160. The van der Waals surface area contributed by atoms with Crippen LogP contribution in [0.2, 0.25) is 0 Å². The van der Waals surface area contributed by atoms with Crippen LogP contribution in [0.1, 0.15) is 18.2 Å². The number of nitrogens with zero attached hydrogens (tertiary/aromatic N) is 1. The smallest absolute Gasteiger partial charge is 0.329 e. The van der Waals surface area contributed by atoms with E-state index in [4.69, 9.17) is 16.0 Å². The topological polar surface area (TPSA) is 91.7 Å². The van der Waals surface area contributed by atoms with Crippen molar-refractivity contribution in [2.75, 3.05) is 6.54 Å². The molecule has 2 aromatic rings. The molecule has 2 heterocycles. The molecule has 0 atom stereocenters. The van der Waals surface area contributed by atoms with Crippen LogP contribution < -0.4 is 10.6 Å². The van der Waals surface area contributed by atoms with Crippen LogP contribution in [0.15, 0.2) is 82.0 Å². The molecule has 1 saturated heterocycles. The summed E-state index contributed by atoms with van der Waals surface area (Å²) in [5, 5.41) is 5.37. The zero-order chi connectivity index (χ0) is 23.3. The molecule has 2 N–H and O–H groups in total. The Balaban J connectivity index is 1.68. The fourth-order valence-electron chi connectivity index (χ4n) is 2.90. The molecule has 0 radical (unpaired) electrons. The van der Waals surface area contributed by atoms with E-state index >= 15 is 0 Å². The second-order valence-electron chi connectivity index (χ2n) is 7.02. The maximum atomic E-state index is 12.6. The van der Waals surface area contributed by atoms with Gasteiger partial charge in [-0.15, -0.1) is 0 Å². The second kappa shape index (κ2) is 9.98. The van der Waals surface area contributed by atoms with Crippen molar-refractivity contribution in [3.05, 3.63) is 89.0 Å². The van der Waals surface area contributed by atoms with Crippen LogP contribution in [-0.4, -0.2) is 29.3 Å². The van der Waals surface area contributed by atoms with Crippen molar-refractivity contribution in [3.8, 4) is 11.3 Å². The summed E-state index contributed by atoms with van der Waals surface area (Å²) in [5.74, 6) is -0.118. The number of nitrogens with one attached hydrogen (secondary N) is 2. The van der Waals surface area contributed by atoms with Crippen LogP contribution in [0.25, 0.3) is 17.4 Å². The molecule has 32 heavy (non-hydrogen) atoms. The first-order valence-electron chi connectivity index (χ1n) is 9.77. The summed E-state index contributed by atoms with van der Waals surface area (Å²) in [6.45, 7) is 6.80. The fraction of sp³-hybridized carbons (Fsp3) is 0.125. The van der Waals surface area contributed by atoms with E-state index in [9.17, 15) is 14.4 Å². The highest BCUT2D eigenvalue weighted by Crippen LogP contribution is 2.24. The van der Waals surface area contributed by atoms with Crippen molar-refractivity contribution in [3.63, 3.8) is 0 Å². The molecule has 1 aromatic heterocycles. The van der Waals surface area contributed by atoms with Gasteiger partial charge in [-0.2, -0.15) is 0 Å². The average molecular weight is 452 g/mol. The monoisotopic (exact) mass is 451 g/mol. The minimum atomic E-state index is -0.687. The summed E-state index contributed by atoms with van der Waals surface area (Å²) < 4.78 is 5.77. The van der Waals surface area contributed by atoms with Gasteiger partial charge < -0.3 is 15.1 Å². The van der Waals surface area contributed by atoms with Crippen molar-refractivity contribution in [2.45, 2.75) is 13.8 Å². The predicted octanol–water partition coefficient (Wildman–Crippen LogP) is 4.48. The minimum Gasteiger partial charge on any atom is -0.457 e. The highest BCUT2D eigenvalue weighted by Gasteiger charge is 2.35. The number of urea groups is 1. The molecular weight excluding hydrogens is 430 g/mol. The van der Waals surface area contributed by atoms with Crippen LogP contribution in [0.4, 0.5) is 4.79 Å². The normalized spacial score (nSPS) is 15.5. The predicted molar refractivity (Wildman–Crippen MR) is 123 cm³/mol. The zero-order valence-corrected chi connectivity index (χ0v) is 18.4. The van der Waals surface area contributed by atoms with E-state index in [1.54, 1.807) is 31.2 Å². The molecule has 1 aromatic carbocycles. The van der Waals surface area contributed by atoms with Crippen molar-refractivity contribution < 1.29 is 18.8 Å². The lowest BCUT2D eigenvalue weighted by Gasteiger charge is -2.12. The van der Waals surface area contributed by atoms with Gasteiger partial charge in [0, 0.05) is 22.4 Å². The van der Waals surface area contributed by atoms with Gasteiger partial charge in [-0.1, -0.05) is 54.1 Å². The first-order chi connectivity index (χ1) is 15.3. The summed E-state index contributed by atoms with van der Waals surface area (Å²) in [5.41, 5.74) is 2.51. The summed E-state index contributed by atoms with van der Waals surface area (Å²) in [6, 6.07) is 10.6. The highest BCUT2D eigenvalue weighted by molar-refractivity contribution is 6.30. The average Bonchev–Trinajstić information content (AvgIpc) is 3.32. The Morgan fingerprint density at radius 2 is 1.91 bits per heavy atom. The Morgan fingerprint density at radius 3 is 2.56 bits per heavy atom. The third kappa shape index (κ3) is 5.65. The maximum absolute atomic E-state index is 12.6. The van der Waals surface area contributed by atoms with E-state index in [0.29, 0.717) is 22.2 Å². The van der Waals surface area contributed by atoms with Crippen molar-refractivity contribution in [1.29, 1.82) is 0 Å². The van der Waals surface area contributed by atoms with Crippen molar-refractivity contribution >= 4 is 35.5 Å². The van der Waals surface area contributed by atoms with Crippen LogP contribution in [0, 0.1) is 6.92 Å². The maximum Gasteiger partial charge on any atom is 0.329 e. The lowest BCUT2D eigenvalue weighted by Crippen LogP contribution is -2.40. The van der Waals surface area contributed by atoms with Gasteiger partial charge in [-0.25, -0.2) is 9.69 Å². The molecule has 0 aliphatic carbocycles. The summed E-state index contributed by atoms with van der Waals surface area (Å²) in [6.07, 6.45) is 6.16.